The Hall–Kier alpha value is -1.70. The van der Waals surface area contributed by atoms with Crippen molar-refractivity contribution in [1.82, 2.24) is 10.6 Å². The van der Waals surface area contributed by atoms with E-state index in [0.29, 0.717) is 13.2 Å². The molecule has 1 aliphatic heterocycles. The number of amides is 1. The molecule has 126 valence electrons. The molecule has 1 aromatic rings. The van der Waals surface area contributed by atoms with Crippen molar-refractivity contribution in [2.75, 3.05) is 33.4 Å². The molecule has 7 nitrogen and oxygen atoms in total. The van der Waals surface area contributed by atoms with Gasteiger partial charge in [0.05, 0.1) is 11.5 Å². The van der Waals surface area contributed by atoms with Gasteiger partial charge < -0.3 is 15.4 Å². The fraction of sp³-hybridized carbons (Fsp3) is 0.533. The normalized spacial score (nSPS) is 16.8. The summed E-state index contributed by atoms with van der Waals surface area (Å²) in [5.74, 6) is -0.492. The minimum Gasteiger partial charge on any atom is -0.384 e. The second kappa shape index (κ2) is 7.72. The summed E-state index contributed by atoms with van der Waals surface area (Å²) in [6.07, 6.45) is 1.75. The molecule has 23 heavy (non-hydrogen) atoms. The van der Waals surface area contributed by atoms with Gasteiger partial charge in [-0.1, -0.05) is 11.6 Å². The number of nitrogens with one attached hydrogen (secondary N) is 2. The molecule has 1 fully saturated rings. The quantitative estimate of drug-likeness (QED) is 0.609. The van der Waals surface area contributed by atoms with E-state index in [1.807, 2.05) is 0 Å². The molecule has 1 aliphatic rings. The lowest BCUT2D eigenvalue weighted by molar-refractivity contribution is -0.385. The standard InChI is InChI=1S/C15H20ClN3O4/c1-23-10-15(4-6-17-7-5-15)9-18-14(20)12-8-11(16)2-3-13(12)19(21)22/h2-3,8,17H,4-7,9-10H2,1H3,(H,18,20). The summed E-state index contributed by atoms with van der Waals surface area (Å²) in [6.45, 7) is 2.66. The number of nitro benzene ring substituents is 1. The zero-order valence-electron chi connectivity index (χ0n) is 12.9. The number of piperidine rings is 1. The van der Waals surface area contributed by atoms with Crippen LogP contribution in [0.3, 0.4) is 0 Å². The third-order valence-corrected chi connectivity index (χ3v) is 4.37. The predicted molar refractivity (Wildman–Crippen MR) is 86.9 cm³/mol. The zero-order chi connectivity index (χ0) is 16.9. The number of rotatable bonds is 6. The van der Waals surface area contributed by atoms with Gasteiger partial charge in [-0.05, 0) is 38.1 Å². The average molecular weight is 342 g/mol. The monoisotopic (exact) mass is 341 g/mol. The van der Waals surface area contributed by atoms with Crippen LogP contribution in [-0.4, -0.2) is 44.2 Å². The summed E-state index contributed by atoms with van der Waals surface area (Å²) in [5, 5.41) is 17.4. The lowest BCUT2D eigenvalue weighted by Crippen LogP contribution is -2.47. The van der Waals surface area contributed by atoms with E-state index in [9.17, 15) is 14.9 Å². The average Bonchev–Trinajstić information content (AvgIpc) is 2.53. The van der Waals surface area contributed by atoms with E-state index in [2.05, 4.69) is 10.6 Å². The van der Waals surface area contributed by atoms with Gasteiger partial charge in [0.25, 0.3) is 11.6 Å². The second-order valence-corrected chi connectivity index (χ2v) is 6.22. The molecule has 8 heteroatoms. The molecule has 0 aliphatic carbocycles. The Labute approximate surface area is 139 Å². The van der Waals surface area contributed by atoms with Gasteiger partial charge in [-0.2, -0.15) is 0 Å². The Kier molecular flexibility index (Phi) is 5.92. The van der Waals surface area contributed by atoms with Crippen LogP contribution in [0.1, 0.15) is 23.2 Å². The first-order valence-corrected chi connectivity index (χ1v) is 7.77. The van der Waals surface area contributed by atoms with E-state index >= 15 is 0 Å². The number of halogens is 1. The molecule has 2 N–H and O–H groups in total. The van der Waals surface area contributed by atoms with E-state index in [1.165, 1.54) is 18.2 Å². The first-order valence-electron chi connectivity index (χ1n) is 7.39. The van der Waals surface area contributed by atoms with Crippen molar-refractivity contribution in [2.45, 2.75) is 12.8 Å². The first-order chi connectivity index (χ1) is 11.0. The minimum atomic E-state index is -0.583. The van der Waals surface area contributed by atoms with Crippen LogP contribution < -0.4 is 10.6 Å². The minimum absolute atomic E-state index is 0.0241. The molecule has 0 unspecified atom stereocenters. The largest absolute Gasteiger partial charge is 0.384 e. The number of hydrogen-bond acceptors (Lipinski definition) is 5. The summed E-state index contributed by atoms with van der Waals surface area (Å²) in [7, 11) is 1.63. The molecule has 0 spiro atoms. The molecular formula is C15H20ClN3O4. The predicted octanol–water partition coefficient (Wildman–Crippen LogP) is 1.99. The van der Waals surface area contributed by atoms with Gasteiger partial charge in [0.15, 0.2) is 0 Å². The molecule has 0 bridgehead atoms. The van der Waals surface area contributed by atoms with E-state index < -0.39 is 10.8 Å². The van der Waals surface area contributed by atoms with Crippen molar-refractivity contribution in [2.24, 2.45) is 5.41 Å². The SMILES string of the molecule is COCC1(CNC(=O)c2cc(Cl)ccc2[N+](=O)[O-])CCNCC1. The van der Waals surface area contributed by atoms with Gasteiger partial charge >= 0.3 is 0 Å². The van der Waals surface area contributed by atoms with Gasteiger partial charge in [0, 0.05) is 30.2 Å². The highest BCUT2D eigenvalue weighted by Crippen LogP contribution is 2.29. The maximum absolute atomic E-state index is 12.4. The molecular weight excluding hydrogens is 322 g/mol. The van der Waals surface area contributed by atoms with E-state index in [0.717, 1.165) is 25.9 Å². The van der Waals surface area contributed by atoms with Crippen molar-refractivity contribution in [3.63, 3.8) is 0 Å². The van der Waals surface area contributed by atoms with Crippen molar-refractivity contribution < 1.29 is 14.5 Å². The van der Waals surface area contributed by atoms with Crippen molar-refractivity contribution in [3.8, 4) is 0 Å². The Morgan fingerprint density at radius 3 is 2.78 bits per heavy atom. The number of benzene rings is 1. The van der Waals surface area contributed by atoms with Gasteiger partial charge in [0.2, 0.25) is 0 Å². The van der Waals surface area contributed by atoms with Crippen LogP contribution in [0.5, 0.6) is 0 Å². The van der Waals surface area contributed by atoms with Crippen molar-refractivity contribution in [3.05, 3.63) is 38.9 Å². The second-order valence-electron chi connectivity index (χ2n) is 5.78. The van der Waals surface area contributed by atoms with Crippen LogP contribution in [0.25, 0.3) is 0 Å². The van der Waals surface area contributed by atoms with Gasteiger partial charge in [-0.15, -0.1) is 0 Å². The van der Waals surface area contributed by atoms with Gasteiger partial charge in [-0.3, -0.25) is 14.9 Å². The van der Waals surface area contributed by atoms with Gasteiger partial charge in [0.1, 0.15) is 5.56 Å². The van der Waals surface area contributed by atoms with E-state index in [-0.39, 0.29) is 21.7 Å². The molecule has 0 saturated carbocycles. The Morgan fingerprint density at radius 1 is 1.48 bits per heavy atom. The van der Waals surface area contributed by atoms with Crippen LogP contribution in [-0.2, 0) is 4.74 Å². The fourth-order valence-electron chi connectivity index (χ4n) is 2.85. The van der Waals surface area contributed by atoms with Crippen molar-refractivity contribution in [1.29, 1.82) is 0 Å². The Bertz CT molecular complexity index is 583. The summed E-state index contributed by atoms with van der Waals surface area (Å²) in [6, 6.07) is 3.96. The Morgan fingerprint density at radius 2 is 2.17 bits per heavy atom. The topological polar surface area (TPSA) is 93.5 Å². The molecule has 1 amide bonds. The number of carbonyl (C=O) groups excluding carboxylic acids is 1. The maximum Gasteiger partial charge on any atom is 0.282 e. The fourth-order valence-corrected chi connectivity index (χ4v) is 3.02. The maximum atomic E-state index is 12.4. The molecule has 1 heterocycles. The number of hydrogen-bond donors (Lipinski definition) is 2. The molecule has 0 radical (unpaired) electrons. The van der Waals surface area contributed by atoms with Crippen LogP contribution in [0.15, 0.2) is 18.2 Å². The Balaban J connectivity index is 2.12. The summed E-state index contributed by atoms with van der Waals surface area (Å²) in [5.41, 5.74) is -0.426. The molecule has 1 aromatic carbocycles. The highest BCUT2D eigenvalue weighted by atomic mass is 35.5. The highest BCUT2D eigenvalue weighted by molar-refractivity contribution is 6.31. The number of methoxy groups -OCH3 is 1. The number of ether oxygens (including phenoxy) is 1. The summed E-state index contributed by atoms with van der Waals surface area (Å²) in [4.78, 5) is 22.9. The molecule has 0 atom stereocenters. The third-order valence-electron chi connectivity index (χ3n) is 4.14. The smallest absolute Gasteiger partial charge is 0.282 e. The van der Waals surface area contributed by atoms with E-state index in [4.69, 9.17) is 16.3 Å². The zero-order valence-corrected chi connectivity index (χ0v) is 13.7. The first kappa shape index (κ1) is 17.7. The highest BCUT2D eigenvalue weighted by Gasteiger charge is 2.33. The lowest BCUT2D eigenvalue weighted by atomic mass is 9.79. The summed E-state index contributed by atoms with van der Waals surface area (Å²) >= 11 is 5.86. The van der Waals surface area contributed by atoms with Crippen molar-refractivity contribution >= 4 is 23.2 Å². The molecule has 2 rings (SSSR count). The van der Waals surface area contributed by atoms with E-state index in [1.54, 1.807) is 7.11 Å². The third kappa shape index (κ3) is 4.40. The number of carbonyl (C=O) groups is 1. The number of nitrogens with zero attached hydrogens (tertiary/aromatic N) is 1. The summed E-state index contributed by atoms with van der Waals surface area (Å²) < 4.78 is 5.30. The molecule has 1 saturated heterocycles. The van der Waals surface area contributed by atoms with Crippen LogP contribution >= 0.6 is 11.6 Å². The number of nitro groups is 1. The van der Waals surface area contributed by atoms with Crippen LogP contribution in [0.4, 0.5) is 5.69 Å². The van der Waals surface area contributed by atoms with Crippen LogP contribution in [0.2, 0.25) is 5.02 Å². The van der Waals surface area contributed by atoms with Crippen LogP contribution in [0, 0.1) is 15.5 Å². The lowest BCUT2D eigenvalue weighted by Gasteiger charge is -2.37. The molecule has 0 aromatic heterocycles. The van der Waals surface area contributed by atoms with Gasteiger partial charge in [-0.25, -0.2) is 0 Å².